The van der Waals surface area contributed by atoms with E-state index in [2.05, 4.69) is 50.4 Å². The first kappa shape index (κ1) is 22.5. The molecule has 5 aromatic heterocycles. The van der Waals surface area contributed by atoms with Crippen molar-refractivity contribution in [2.24, 2.45) is 7.05 Å². The van der Waals surface area contributed by atoms with Crippen molar-refractivity contribution in [2.45, 2.75) is 32.7 Å². The van der Waals surface area contributed by atoms with Crippen molar-refractivity contribution in [3.05, 3.63) is 59.9 Å². The van der Waals surface area contributed by atoms with Crippen molar-refractivity contribution >= 4 is 22.5 Å². The third-order valence-corrected chi connectivity index (χ3v) is 7.46. The number of rotatable bonds is 4. The number of aromatic amines is 1. The number of nitrogens with zero attached hydrogens (tertiary/aromatic N) is 6. The van der Waals surface area contributed by atoms with Gasteiger partial charge in [-0.1, -0.05) is 0 Å². The Kier molecular flexibility index (Phi) is 5.37. The number of carbonyl (C=O) groups is 1. The number of likely N-dealkylation sites (tertiary alicyclic amines) is 1. The molecule has 0 unspecified atom stereocenters. The summed E-state index contributed by atoms with van der Waals surface area (Å²) in [6.45, 7) is 6.09. The molecule has 0 aliphatic carbocycles. The van der Waals surface area contributed by atoms with Gasteiger partial charge in [0.15, 0.2) is 0 Å². The summed E-state index contributed by atoms with van der Waals surface area (Å²) in [6, 6.07) is 6.42. The van der Waals surface area contributed by atoms with Crippen LogP contribution in [-0.4, -0.2) is 66.3 Å². The molecule has 1 saturated heterocycles. The number of piperidine rings is 1. The topological polar surface area (TPSA) is 96.1 Å². The zero-order chi connectivity index (χ0) is 25.0. The smallest absolute Gasteiger partial charge is 0.255 e. The number of hydrogen-bond donors (Lipinski definition) is 2. The van der Waals surface area contributed by atoms with Gasteiger partial charge in [0.05, 0.1) is 23.0 Å². The van der Waals surface area contributed by atoms with Gasteiger partial charge in [-0.05, 0) is 70.6 Å². The Balaban J connectivity index is 1.37. The summed E-state index contributed by atoms with van der Waals surface area (Å²) in [5.41, 5.74) is 8.46. The van der Waals surface area contributed by atoms with Gasteiger partial charge in [0.25, 0.3) is 5.91 Å². The van der Waals surface area contributed by atoms with E-state index in [0.29, 0.717) is 5.56 Å². The van der Waals surface area contributed by atoms with Gasteiger partial charge in [-0.3, -0.25) is 9.48 Å². The third-order valence-electron chi connectivity index (χ3n) is 7.46. The first-order chi connectivity index (χ1) is 17.4. The van der Waals surface area contributed by atoms with Crippen LogP contribution >= 0.6 is 0 Å². The Labute approximate surface area is 209 Å². The summed E-state index contributed by atoms with van der Waals surface area (Å²) in [4.78, 5) is 23.4. The van der Waals surface area contributed by atoms with Crippen molar-refractivity contribution in [2.75, 3.05) is 20.1 Å². The van der Waals surface area contributed by atoms with E-state index in [4.69, 9.17) is 0 Å². The minimum Gasteiger partial charge on any atom is -0.349 e. The van der Waals surface area contributed by atoms with Gasteiger partial charge in [-0.2, -0.15) is 10.2 Å². The van der Waals surface area contributed by atoms with Crippen LogP contribution in [0.2, 0.25) is 0 Å². The van der Waals surface area contributed by atoms with E-state index in [9.17, 15) is 4.79 Å². The van der Waals surface area contributed by atoms with E-state index in [1.165, 1.54) is 0 Å². The van der Waals surface area contributed by atoms with Crippen LogP contribution in [0.5, 0.6) is 0 Å². The van der Waals surface area contributed by atoms with Gasteiger partial charge >= 0.3 is 0 Å². The normalized spacial score (nSPS) is 15.2. The summed E-state index contributed by atoms with van der Waals surface area (Å²) in [6.07, 6.45) is 9.37. The number of H-pyrrole nitrogens is 1. The second-order valence-electron chi connectivity index (χ2n) is 9.85. The molecule has 184 valence electrons. The molecule has 1 aliphatic rings. The predicted octanol–water partition coefficient (Wildman–Crippen LogP) is 3.72. The van der Waals surface area contributed by atoms with Crippen LogP contribution in [0.4, 0.5) is 0 Å². The molecule has 1 fully saturated rings. The fraction of sp³-hybridized carbons (Fsp3) is 0.333. The van der Waals surface area contributed by atoms with E-state index >= 15 is 0 Å². The maximum Gasteiger partial charge on any atom is 0.255 e. The number of aryl methyl sites for hydroxylation is 2. The summed E-state index contributed by atoms with van der Waals surface area (Å²) >= 11 is 0. The lowest BCUT2D eigenvalue weighted by Gasteiger charge is -2.29. The molecule has 2 N–H and O–H groups in total. The Bertz CT molecular complexity index is 1600. The number of fused-ring (bicyclic) bond motifs is 2. The lowest BCUT2D eigenvalue weighted by Crippen LogP contribution is -2.43. The van der Waals surface area contributed by atoms with Crippen molar-refractivity contribution in [3.63, 3.8) is 0 Å². The monoisotopic (exact) mass is 482 g/mol. The highest BCUT2D eigenvalue weighted by molar-refractivity contribution is 6.02. The van der Waals surface area contributed by atoms with Crippen LogP contribution in [0.25, 0.3) is 38.8 Å². The van der Waals surface area contributed by atoms with E-state index in [-0.39, 0.29) is 11.9 Å². The second kappa shape index (κ2) is 8.60. The Morgan fingerprint density at radius 2 is 1.92 bits per heavy atom. The van der Waals surface area contributed by atoms with Crippen LogP contribution < -0.4 is 5.32 Å². The number of pyridine rings is 2. The molecule has 1 amide bonds. The van der Waals surface area contributed by atoms with Crippen LogP contribution in [0.3, 0.4) is 0 Å². The highest BCUT2D eigenvalue weighted by Crippen LogP contribution is 2.33. The molecule has 36 heavy (non-hydrogen) atoms. The Morgan fingerprint density at radius 1 is 1.11 bits per heavy atom. The maximum atomic E-state index is 13.1. The molecule has 6 rings (SSSR count). The average molecular weight is 483 g/mol. The summed E-state index contributed by atoms with van der Waals surface area (Å²) < 4.78 is 3.66. The van der Waals surface area contributed by atoms with Gasteiger partial charge in [0, 0.05) is 59.5 Å². The maximum absolute atomic E-state index is 13.1. The number of carbonyl (C=O) groups excluding carboxylic acids is 1. The predicted molar refractivity (Wildman–Crippen MR) is 140 cm³/mol. The molecular weight excluding hydrogens is 452 g/mol. The van der Waals surface area contributed by atoms with Crippen molar-refractivity contribution < 1.29 is 4.79 Å². The summed E-state index contributed by atoms with van der Waals surface area (Å²) in [5.74, 6) is -0.0675. The zero-order valence-corrected chi connectivity index (χ0v) is 21.0. The summed E-state index contributed by atoms with van der Waals surface area (Å²) in [5, 5.41) is 13.2. The van der Waals surface area contributed by atoms with Gasteiger partial charge in [0.2, 0.25) is 0 Å². The van der Waals surface area contributed by atoms with Gasteiger partial charge in [0.1, 0.15) is 5.65 Å². The molecule has 9 heteroatoms. The quantitative estimate of drug-likeness (QED) is 0.407. The highest BCUT2D eigenvalue weighted by atomic mass is 16.1. The number of nitrogens with one attached hydrogen (secondary N) is 2. The molecule has 5 aromatic rings. The number of amides is 1. The average Bonchev–Trinajstić information content (AvgIpc) is 3.55. The summed E-state index contributed by atoms with van der Waals surface area (Å²) in [7, 11) is 4.08. The first-order valence-corrected chi connectivity index (χ1v) is 12.3. The van der Waals surface area contributed by atoms with E-state index in [1.54, 1.807) is 10.7 Å². The minimum atomic E-state index is -0.0675. The fourth-order valence-electron chi connectivity index (χ4n) is 5.31. The molecular formula is C27H30N8O. The van der Waals surface area contributed by atoms with Crippen LogP contribution in [0.1, 0.15) is 34.6 Å². The molecule has 0 spiro atoms. The molecule has 1 aliphatic heterocycles. The minimum absolute atomic E-state index is 0.0675. The highest BCUT2D eigenvalue weighted by Gasteiger charge is 2.22. The second-order valence-corrected chi connectivity index (χ2v) is 9.85. The van der Waals surface area contributed by atoms with Crippen LogP contribution in [0, 0.1) is 13.8 Å². The third kappa shape index (κ3) is 3.76. The molecule has 6 heterocycles. The number of aromatic nitrogens is 6. The van der Waals surface area contributed by atoms with Gasteiger partial charge in [-0.25, -0.2) is 9.50 Å². The molecule has 0 saturated carbocycles. The largest absolute Gasteiger partial charge is 0.349 e. The standard InChI is InChI=1S/C27H30N8O/c1-16-25(17(2)34(4)32-16)19-11-21-22(14-29-26(21)28-13-19)18-5-10-35-24(12-18)23(15-30-35)27(36)31-20-6-8-33(3)9-7-20/h5,10-15,20H,6-9H2,1-4H3,(H,28,29)(H,31,36). The van der Waals surface area contributed by atoms with Crippen LogP contribution in [-0.2, 0) is 7.05 Å². The Morgan fingerprint density at radius 3 is 2.67 bits per heavy atom. The SMILES string of the molecule is Cc1nn(C)c(C)c1-c1cnc2[nH]cc(-c3ccn4ncc(C(=O)NC5CCN(C)CC5)c4c3)c2c1. The van der Waals surface area contributed by atoms with Gasteiger partial charge in [-0.15, -0.1) is 0 Å². The molecule has 0 atom stereocenters. The van der Waals surface area contributed by atoms with Crippen molar-refractivity contribution in [1.82, 2.24) is 39.6 Å². The van der Waals surface area contributed by atoms with Crippen molar-refractivity contribution in [3.8, 4) is 22.3 Å². The molecule has 0 radical (unpaired) electrons. The lowest BCUT2D eigenvalue weighted by molar-refractivity contribution is 0.0918. The molecule has 9 nitrogen and oxygen atoms in total. The van der Waals surface area contributed by atoms with E-state index in [1.807, 2.05) is 49.4 Å². The van der Waals surface area contributed by atoms with E-state index in [0.717, 1.165) is 76.1 Å². The zero-order valence-electron chi connectivity index (χ0n) is 21.0. The van der Waals surface area contributed by atoms with Crippen molar-refractivity contribution in [1.29, 1.82) is 0 Å². The van der Waals surface area contributed by atoms with E-state index < -0.39 is 0 Å². The van der Waals surface area contributed by atoms with Gasteiger partial charge < -0.3 is 15.2 Å². The number of hydrogen-bond acceptors (Lipinski definition) is 5. The lowest BCUT2D eigenvalue weighted by atomic mass is 10.0. The Hall–Kier alpha value is -3.98. The van der Waals surface area contributed by atoms with Crippen LogP contribution in [0.15, 0.2) is 43.0 Å². The molecule has 0 aromatic carbocycles. The fourth-order valence-corrected chi connectivity index (χ4v) is 5.31. The molecule has 0 bridgehead atoms. The first-order valence-electron chi connectivity index (χ1n) is 12.3.